The number of aromatic nitrogens is 1. The number of aromatic hydroxyl groups is 2. The Morgan fingerprint density at radius 2 is 1.50 bits per heavy atom. The molecule has 3 aromatic rings. The number of hydrogen-bond donors (Lipinski definition) is 2. The van der Waals surface area contributed by atoms with Gasteiger partial charge in [-0.3, -0.25) is 0 Å². The van der Waals surface area contributed by atoms with Crippen LogP contribution in [0, 0.1) is 6.92 Å². The molecule has 0 saturated heterocycles. The molecule has 0 aliphatic carbocycles. The highest BCUT2D eigenvalue weighted by Gasteiger charge is 2.15. The minimum Gasteiger partial charge on any atom is -0.508 e. The lowest BCUT2D eigenvalue weighted by atomic mass is 10.0. The van der Waals surface area contributed by atoms with E-state index in [0.29, 0.717) is 11.5 Å². The van der Waals surface area contributed by atoms with E-state index >= 15 is 0 Å². The molecule has 0 atom stereocenters. The molecule has 20 heavy (non-hydrogen) atoms. The molecule has 0 aliphatic rings. The van der Waals surface area contributed by atoms with Crippen molar-refractivity contribution >= 4 is 0 Å². The molecule has 100 valence electrons. The van der Waals surface area contributed by atoms with Crippen LogP contribution in [0.25, 0.3) is 22.6 Å². The monoisotopic (exact) mass is 267 g/mol. The summed E-state index contributed by atoms with van der Waals surface area (Å²) in [7, 11) is 0. The lowest BCUT2D eigenvalue weighted by Gasteiger charge is -2.00. The van der Waals surface area contributed by atoms with Gasteiger partial charge in [0.15, 0.2) is 5.76 Å². The van der Waals surface area contributed by atoms with E-state index in [1.807, 2.05) is 19.1 Å². The van der Waals surface area contributed by atoms with Gasteiger partial charge in [-0.15, -0.1) is 0 Å². The maximum Gasteiger partial charge on any atom is 0.170 e. The van der Waals surface area contributed by atoms with Gasteiger partial charge in [-0.1, -0.05) is 29.4 Å². The standard InChI is InChI=1S/C16H13NO3/c1-10-15(11-4-2-6-13(18)8-11)17-20-16(10)12-5-3-7-14(19)9-12/h2-9,18-19H,1H3. The number of rotatable bonds is 2. The van der Waals surface area contributed by atoms with Crippen LogP contribution in [0.5, 0.6) is 11.5 Å². The fourth-order valence-electron chi connectivity index (χ4n) is 2.17. The van der Waals surface area contributed by atoms with E-state index in [9.17, 15) is 10.2 Å². The van der Waals surface area contributed by atoms with Gasteiger partial charge in [-0.05, 0) is 31.2 Å². The molecule has 0 bridgehead atoms. The van der Waals surface area contributed by atoms with Crippen molar-refractivity contribution in [2.24, 2.45) is 0 Å². The van der Waals surface area contributed by atoms with Gasteiger partial charge in [-0.25, -0.2) is 0 Å². The predicted octanol–water partition coefficient (Wildman–Crippen LogP) is 3.73. The van der Waals surface area contributed by atoms with Gasteiger partial charge < -0.3 is 14.7 Å². The van der Waals surface area contributed by atoms with E-state index in [1.54, 1.807) is 36.4 Å². The van der Waals surface area contributed by atoms with Crippen LogP contribution < -0.4 is 0 Å². The smallest absolute Gasteiger partial charge is 0.170 e. The number of phenolic OH excluding ortho intramolecular Hbond substituents is 2. The van der Waals surface area contributed by atoms with Crippen LogP contribution in [0.1, 0.15) is 5.56 Å². The van der Waals surface area contributed by atoms with Crippen molar-refractivity contribution < 1.29 is 14.7 Å². The van der Waals surface area contributed by atoms with Gasteiger partial charge in [0.25, 0.3) is 0 Å². The Hall–Kier alpha value is -2.75. The molecule has 0 fully saturated rings. The molecule has 4 heteroatoms. The first kappa shape index (κ1) is 12.3. The molecule has 0 amide bonds. The summed E-state index contributed by atoms with van der Waals surface area (Å²) in [6.07, 6.45) is 0. The van der Waals surface area contributed by atoms with Crippen molar-refractivity contribution in [3.8, 4) is 34.1 Å². The Bertz CT molecular complexity index is 699. The second kappa shape index (κ2) is 4.74. The van der Waals surface area contributed by atoms with E-state index in [-0.39, 0.29) is 11.5 Å². The summed E-state index contributed by atoms with van der Waals surface area (Å²) < 4.78 is 5.39. The average Bonchev–Trinajstić information content (AvgIpc) is 2.80. The maximum atomic E-state index is 9.53. The van der Waals surface area contributed by atoms with E-state index in [4.69, 9.17) is 4.52 Å². The van der Waals surface area contributed by atoms with Gasteiger partial charge in [-0.2, -0.15) is 0 Å². The summed E-state index contributed by atoms with van der Waals surface area (Å²) in [6.45, 7) is 1.90. The normalized spacial score (nSPS) is 10.7. The molecule has 0 saturated carbocycles. The maximum absolute atomic E-state index is 9.53. The third kappa shape index (κ3) is 2.12. The fourth-order valence-corrected chi connectivity index (χ4v) is 2.17. The van der Waals surface area contributed by atoms with Gasteiger partial charge in [0.05, 0.1) is 0 Å². The molecule has 0 spiro atoms. The molecule has 3 rings (SSSR count). The number of nitrogens with zero attached hydrogens (tertiary/aromatic N) is 1. The van der Waals surface area contributed by atoms with Crippen LogP contribution in [0.2, 0.25) is 0 Å². The van der Waals surface area contributed by atoms with Crippen LogP contribution in [0.4, 0.5) is 0 Å². The second-order valence-corrected chi connectivity index (χ2v) is 4.59. The van der Waals surface area contributed by atoms with E-state index < -0.39 is 0 Å². The van der Waals surface area contributed by atoms with Gasteiger partial charge in [0.1, 0.15) is 17.2 Å². The molecule has 0 aliphatic heterocycles. The summed E-state index contributed by atoms with van der Waals surface area (Å²) >= 11 is 0. The van der Waals surface area contributed by atoms with Crippen molar-refractivity contribution in [3.05, 3.63) is 54.1 Å². The van der Waals surface area contributed by atoms with Crippen molar-refractivity contribution in [2.45, 2.75) is 6.92 Å². The minimum absolute atomic E-state index is 0.178. The Morgan fingerprint density at radius 1 is 0.900 bits per heavy atom. The van der Waals surface area contributed by atoms with Crippen LogP contribution in [0.3, 0.4) is 0 Å². The van der Waals surface area contributed by atoms with Crippen molar-refractivity contribution in [3.63, 3.8) is 0 Å². The topological polar surface area (TPSA) is 66.5 Å². The van der Waals surface area contributed by atoms with E-state index in [2.05, 4.69) is 5.16 Å². The summed E-state index contributed by atoms with van der Waals surface area (Å²) in [6, 6.07) is 13.7. The van der Waals surface area contributed by atoms with Crippen molar-refractivity contribution in [1.82, 2.24) is 5.16 Å². The summed E-state index contributed by atoms with van der Waals surface area (Å²) in [4.78, 5) is 0. The molecule has 2 aromatic carbocycles. The largest absolute Gasteiger partial charge is 0.508 e. The Labute approximate surface area is 115 Å². The highest BCUT2D eigenvalue weighted by molar-refractivity contribution is 5.73. The predicted molar refractivity (Wildman–Crippen MR) is 75.4 cm³/mol. The van der Waals surface area contributed by atoms with E-state index in [1.165, 1.54) is 0 Å². The summed E-state index contributed by atoms with van der Waals surface area (Å²) in [5.41, 5.74) is 3.10. The highest BCUT2D eigenvalue weighted by atomic mass is 16.5. The zero-order valence-electron chi connectivity index (χ0n) is 10.9. The minimum atomic E-state index is 0.178. The number of benzene rings is 2. The Morgan fingerprint density at radius 3 is 2.15 bits per heavy atom. The number of hydrogen-bond acceptors (Lipinski definition) is 4. The Balaban J connectivity index is 2.09. The SMILES string of the molecule is Cc1c(-c2cccc(O)c2)noc1-c1cccc(O)c1. The van der Waals surface area contributed by atoms with E-state index in [0.717, 1.165) is 16.7 Å². The van der Waals surface area contributed by atoms with Gasteiger partial charge in [0, 0.05) is 16.7 Å². The fraction of sp³-hybridized carbons (Fsp3) is 0.0625. The third-order valence-corrected chi connectivity index (χ3v) is 3.15. The molecule has 2 N–H and O–H groups in total. The molecule has 0 radical (unpaired) electrons. The molecule has 1 heterocycles. The third-order valence-electron chi connectivity index (χ3n) is 3.15. The van der Waals surface area contributed by atoms with Crippen LogP contribution in [-0.2, 0) is 0 Å². The molecule has 1 aromatic heterocycles. The lowest BCUT2D eigenvalue weighted by molar-refractivity contribution is 0.433. The zero-order valence-corrected chi connectivity index (χ0v) is 10.9. The first-order valence-electron chi connectivity index (χ1n) is 6.20. The zero-order chi connectivity index (χ0) is 14.1. The molecular formula is C16H13NO3. The van der Waals surface area contributed by atoms with Crippen molar-refractivity contribution in [2.75, 3.05) is 0 Å². The van der Waals surface area contributed by atoms with Gasteiger partial charge >= 0.3 is 0 Å². The van der Waals surface area contributed by atoms with Crippen LogP contribution in [-0.4, -0.2) is 15.4 Å². The van der Waals surface area contributed by atoms with Crippen molar-refractivity contribution in [1.29, 1.82) is 0 Å². The number of phenols is 2. The summed E-state index contributed by atoms with van der Waals surface area (Å²) in [5.74, 6) is 0.972. The van der Waals surface area contributed by atoms with Crippen LogP contribution >= 0.6 is 0 Å². The molecule has 0 unspecified atom stereocenters. The first-order valence-corrected chi connectivity index (χ1v) is 6.20. The highest BCUT2D eigenvalue weighted by Crippen LogP contribution is 2.33. The van der Waals surface area contributed by atoms with Gasteiger partial charge in [0.2, 0.25) is 0 Å². The first-order chi connectivity index (χ1) is 9.65. The summed E-state index contributed by atoms with van der Waals surface area (Å²) in [5, 5.41) is 23.1. The quantitative estimate of drug-likeness (QED) is 0.742. The second-order valence-electron chi connectivity index (χ2n) is 4.59. The molecule has 4 nitrogen and oxygen atoms in total. The average molecular weight is 267 g/mol. The Kier molecular flexibility index (Phi) is 2.91. The van der Waals surface area contributed by atoms with Crippen LogP contribution in [0.15, 0.2) is 53.1 Å². The lowest BCUT2D eigenvalue weighted by Crippen LogP contribution is -1.82. The molecular weight excluding hydrogens is 254 g/mol.